The molecule has 0 atom stereocenters. The van der Waals surface area contributed by atoms with E-state index in [1.807, 2.05) is 0 Å². The molecule has 2 N–H and O–H groups in total. The quantitative estimate of drug-likeness (QED) is 0.894. The first-order chi connectivity index (χ1) is 9.30. The number of aliphatic hydroxyl groups is 1. The van der Waals surface area contributed by atoms with E-state index in [-0.39, 0.29) is 23.7 Å². The molecule has 3 nitrogen and oxygen atoms in total. The van der Waals surface area contributed by atoms with Crippen molar-refractivity contribution in [3.63, 3.8) is 0 Å². The van der Waals surface area contributed by atoms with Crippen LogP contribution < -0.4 is 5.32 Å². The van der Waals surface area contributed by atoms with Crippen LogP contribution in [0, 0.1) is 11.2 Å². The minimum atomic E-state index is -0.814. The number of hydrogen-bond donors (Lipinski definition) is 2. The molecule has 0 bridgehead atoms. The van der Waals surface area contributed by atoms with Crippen LogP contribution in [0.1, 0.15) is 49.9 Å². The Bertz CT molecular complexity index is 472. The van der Waals surface area contributed by atoms with Crippen LogP contribution in [-0.2, 0) is 0 Å². The SMILES string of the molecule is CC1(C)CCC(O)(CNC(=O)c2ccc(F)cc2)CC1. The third kappa shape index (κ3) is 3.79. The van der Waals surface area contributed by atoms with Gasteiger partial charge in [-0.05, 0) is 55.4 Å². The van der Waals surface area contributed by atoms with Gasteiger partial charge in [0.25, 0.3) is 5.91 Å². The zero-order valence-electron chi connectivity index (χ0n) is 12.1. The first-order valence-corrected chi connectivity index (χ1v) is 7.06. The summed E-state index contributed by atoms with van der Waals surface area (Å²) >= 11 is 0. The van der Waals surface area contributed by atoms with E-state index in [0.29, 0.717) is 18.4 Å². The number of halogens is 1. The van der Waals surface area contributed by atoms with E-state index in [1.54, 1.807) is 0 Å². The summed E-state index contributed by atoms with van der Waals surface area (Å²) in [5.41, 5.74) is -0.135. The third-order valence-corrected chi connectivity index (χ3v) is 4.22. The average molecular weight is 279 g/mol. The van der Waals surface area contributed by atoms with Crippen LogP contribution in [0.2, 0.25) is 0 Å². The van der Waals surface area contributed by atoms with Gasteiger partial charge in [-0.25, -0.2) is 4.39 Å². The first-order valence-electron chi connectivity index (χ1n) is 7.06. The number of rotatable bonds is 3. The molecule has 1 aliphatic carbocycles. The number of nitrogens with one attached hydrogen (secondary N) is 1. The minimum absolute atomic E-state index is 0.249. The maximum Gasteiger partial charge on any atom is 0.251 e. The largest absolute Gasteiger partial charge is 0.388 e. The van der Waals surface area contributed by atoms with E-state index in [4.69, 9.17) is 0 Å². The number of carbonyl (C=O) groups excluding carboxylic acids is 1. The molecule has 4 heteroatoms. The van der Waals surface area contributed by atoms with Gasteiger partial charge in [-0.15, -0.1) is 0 Å². The Labute approximate surface area is 119 Å². The zero-order chi connectivity index (χ0) is 14.8. The lowest BCUT2D eigenvalue weighted by molar-refractivity contribution is -0.0233. The highest BCUT2D eigenvalue weighted by Gasteiger charge is 2.36. The second-order valence-corrected chi connectivity index (χ2v) is 6.58. The van der Waals surface area contributed by atoms with E-state index in [0.717, 1.165) is 12.8 Å². The van der Waals surface area contributed by atoms with Crippen LogP contribution in [0.3, 0.4) is 0 Å². The molecule has 0 heterocycles. The van der Waals surface area contributed by atoms with E-state index >= 15 is 0 Å². The molecule has 1 saturated carbocycles. The fourth-order valence-corrected chi connectivity index (χ4v) is 2.52. The highest BCUT2D eigenvalue weighted by molar-refractivity contribution is 5.94. The maximum absolute atomic E-state index is 12.8. The van der Waals surface area contributed by atoms with Crippen molar-refractivity contribution in [1.29, 1.82) is 0 Å². The summed E-state index contributed by atoms with van der Waals surface area (Å²) in [6, 6.07) is 5.40. The van der Waals surface area contributed by atoms with Gasteiger partial charge in [-0.1, -0.05) is 13.8 Å². The van der Waals surface area contributed by atoms with Crippen LogP contribution in [0.4, 0.5) is 4.39 Å². The lowest BCUT2D eigenvalue weighted by atomic mass is 9.71. The number of hydrogen-bond acceptors (Lipinski definition) is 2. The Hall–Kier alpha value is -1.42. The Kier molecular flexibility index (Phi) is 4.14. The van der Waals surface area contributed by atoms with Crippen molar-refractivity contribution in [3.05, 3.63) is 35.6 Å². The van der Waals surface area contributed by atoms with Gasteiger partial charge in [0.2, 0.25) is 0 Å². The Morgan fingerprint density at radius 2 is 1.75 bits per heavy atom. The highest BCUT2D eigenvalue weighted by Crippen LogP contribution is 2.39. The summed E-state index contributed by atoms with van der Waals surface area (Å²) in [6.07, 6.45) is 3.30. The molecule has 0 aromatic heterocycles. The van der Waals surface area contributed by atoms with Crippen molar-refractivity contribution in [2.75, 3.05) is 6.54 Å². The molecule has 0 unspecified atom stereocenters. The van der Waals surface area contributed by atoms with Gasteiger partial charge in [0.1, 0.15) is 5.82 Å². The molecule has 1 amide bonds. The van der Waals surface area contributed by atoms with Crippen LogP contribution in [0.15, 0.2) is 24.3 Å². The van der Waals surface area contributed by atoms with Gasteiger partial charge in [0, 0.05) is 12.1 Å². The van der Waals surface area contributed by atoms with E-state index in [1.165, 1.54) is 24.3 Å². The molecule has 1 aromatic rings. The Morgan fingerprint density at radius 1 is 1.20 bits per heavy atom. The monoisotopic (exact) mass is 279 g/mol. The van der Waals surface area contributed by atoms with E-state index in [2.05, 4.69) is 19.2 Å². The fourth-order valence-electron chi connectivity index (χ4n) is 2.52. The fraction of sp³-hybridized carbons (Fsp3) is 0.562. The van der Waals surface area contributed by atoms with Crippen molar-refractivity contribution < 1.29 is 14.3 Å². The van der Waals surface area contributed by atoms with Crippen molar-refractivity contribution in [3.8, 4) is 0 Å². The van der Waals surface area contributed by atoms with E-state index in [9.17, 15) is 14.3 Å². The lowest BCUT2D eigenvalue weighted by Gasteiger charge is -2.40. The van der Waals surface area contributed by atoms with Crippen molar-refractivity contribution in [2.24, 2.45) is 5.41 Å². The smallest absolute Gasteiger partial charge is 0.251 e. The van der Waals surface area contributed by atoms with Gasteiger partial charge in [-0.3, -0.25) is 4.79 Å². The second-order valence-electron chi connectivity index (χ2n) is 6.58. The Balaban J connectivity index is 1.89. The molecular weight excluding hydrogens is 257 g/mol. The molecule has 110 valence electrons. The van der Waals surface area contributed by atoms with Crippen LogP contribution in [-0.4, -0.2) is 23.2 Å². The normalized spacial score (nSPS) is 20.4. The molecule has 1 aromatic carbocycles. The standard InChI is InChI=1S/C16H22FNO2/c1-15(2)7-9-16(20,10-8-15)11-18-14(19)12-3-5-13(17)6-4-12/h3-6,20H,7-11H2,1-2H3,(H,18,19). The predicted molar refractivity (Wildman–Crippen MR) is 75.9 cm³/mol. The molecule has 20 heavy (non-hydrogen) atoms. The molecule has 1 aliphatic rings. The van der Waals surface area contributed by atoms with Gasteiger partial charge in [0.15, 0.2) is 0 Å². The summed E-state index contributed by atoms with van der Waals surface area (Å²) < 4.78 is 12.8. The zero-order valence-corrected chi connectivity index (χ0v) is 12.1. The lowest BCUT2D eigenvalue weighted by Crippen LogP contribution is -2.46. The van der Waals surface area contributed by atoms with Crippen molar-refractivity contribution in [2.45, 2.75) is 45.1 Å². The van der Waals surface area contributed by atoms with Crippen molar-refractivity contribution >= 4 is 5.91 Å². The van der Waals surface area contributed by atoms with Crippen molar-refractivity contribution in [1.82, 2.24) is 5.32 Å². The minimum Gasteiger partial charge on any atom is -0.388 e. The topological polar surface area (TPSA) is 49.3 Å². The van der Waals surface area contributed by atoms with Crippen LogP contribution in [0.25, 0.3) is 0 Å². The van der Waals surface area contributed by atoms with Gasteiger partial charge in [0.05, 0.1) is 5.60 Å². The maximum atomic E-state index is 12.8. The summed E-state index contributed by atoms with van der Waals surface area (Å²) in [6.45, 7) is 4.65. The van der Waals surface area contributed by atoms with E-state index < -0.39 is 5.60 Å². The second kappa shape index (κ2) is 5.52. The number of benzene rings is 1. The third-order valence-electron chi connectivity index (χ3n) is 4.22. The number of carbonyl (C=O) groups is 1. The molecule has 0 radical (unpaired) electrons. The highest BCUT2D eigenvalue weighted by atomic mass is 19.1. The van der Waals surface area contributed by atoms with Gasteiger partial charge >= 0.3 is 0 Å². The summed E-state index contributed by atoms with van der Waals surface area (Å²) in [4.78, 5) is 11.9. The van der Waals surface area contributed by atoms with Crippen LogP contribution >= 0.6 is 0 Å². The first kappa shape index (κ1) is 15.0. The number of amides is 1. The molecule has 0 aliphatic heterocycles. The van der Waals surface area contributed by atoms with Gasteiger partial charge < -0.3 is 10.4 Å². The predicted octanol–water partition coefficient (Wildman–Crippen LogP) is 2.89. The average Bonchev–Trinajstić information content (AvgIpc) is 2.41. The molecular formula is C16H22FNO2. The van der Waals surface area contributed by atoms with Crippen LogP contribution in [0.5, 0.6) is 0 Å². The molecule has 0 saturated heterocycles. The molecule has 1 fully saturated rings. The summed E-state index contributed by atoms with van der Waals surface area (Å²) in [5, 5.41) is 13.2. The summed E-state index contributed by atoms with van der Waals surface area (Å²) in [5.74, 6) is -0.641. The molecule has 0 spiro atoms. The van der Waals surface area contributed by atoms with Gasteiger partial charge in [-0.2, -0.15) is 0 Å². The molecule has 2 rings (SSSR count). The summed E-state index contributed by atoms with van der Waals surface area (Å²) in [7, 11) is 0. The Morgan fingerprint density at radius 3 is 2.30 bits per heavy atom.